The minimum absolute atomic E-state index is 0.234. The zero-order chi connectivity index (χ0) is 16.6. The van der Waals surface area contributed by atoms with E-state index in [4.69, 9.17) is 4.74 Å². The molecule has 2 aromatic heterocycles. The number of halogens is 4. The lowest BCUT2D eigenvalue weighted by Crippen LogP contribution is -2.17. The molecule has 0 spiro atoms. The van der Waals surface area contributed by atoms with Crippen molar-refractivity contribution in [1.82, 2.24) is 14.6 Å². The summed E-state index contributed by atoms with van der Waals surface area (Å²) in [4.78, 5) is 4.43. The number of rotatable bonds is 3. The van der Waals surface area contributed by atoms with Crippen LogP contribution in [0, 0.1) is 3.70 Å². The molecule has 0 atom stereocenters. The third kappa shape index (κ3) is 3.49. The molecule has 5 nitrogen and oxygen atoms in total. The predicted octanol–water partition coefficient (Wildman–Crippen LogP) is 3.91. The van der Waals surface area contributed by atoms with E-state index in [1.165, 1.54) is 25.3 Å². The molecule has 3 rings (SSSR count). The summed E-state index contributed by atoms with van der Waals surface area (Å²) in [6.07, 6.45) is -3.03. The normalized spacial score (nSPS) is 11.7. The van der Waals surface area contributed by atoms with Gasteiger partial charge in [0, 0.05) is 23.9 Å². The molecular formula is C14H9F3IN3O2. The molecule has 0 aliphatic carbocycles. The standard InChI is InChI=1S/C14H9F3IN3O2/c1-22-11-6-8(23-14(15,16)17)2-3-9(11)10-4-5-21-13(19-10)7-12(18)20-21/h2-7H,1H3. The molecular weight excluding hydrogens is 426 g/mol. The highest BCUT2D eigenvalue weighted by molar-refractivity contribution is 14.1. The fraction of sp³-hybridized carbons (Fsp3) is 0.143. The number of alkyl halides is 3. The lowest BCUT2D eigenvalue weighted by Gasteiger charge is -2.12. The maximum Gasteiger partial charge on any atom is 0.573 e. The Hall–Kier alpha value is -2.04. The van der Waals surface area contributed by atoms with Crippen LogP contribution in [-0.4, -0.2) is 28.1 Å². The van der Waals surface area contributed by atoms with Crippen LogP contribution in [0.1, 0.15) is 0 Å². The van der Waals surface area contributed by atoms with Crippen molar-refractivity contribution in [3.05, 3.63) is 40.2 Å². The molecule has 9 heteroatoms. The summed E-state index contributed by atoms with van der Waals surface area (Å²) in [6, 6.07) is 7.36. The van der Waals surface area contributed by atoms with Gasteiger partial charge in [-0.1, -0.05) is 0 Å². The monoisotopic (exact) mass is 435 g/mol. The Morgan fingerprint density at radius 3 is 2.65 bits per heavy atom. The fourth-order valence-electron chi connectivity index (χ4n) is 2.08. The van der Waals surface area contributed by atoms with Gasteiger partial charge < -0.3 is 9.47 Å². The number of aromatic nitrogens is 3. The topological polar surface area (TPSA) is 48.7 Å². The van der Waals surface area contributed by atoms with Crippen molar-refractivity contribution in [1.29, 1.82) is 0 Å². The van der Waals surface area contributed by atoms with Crippen LogP contribution in [0.15, 0.2) is 36.5 Å². The van der Waals surface area contributed by atoms with E-state index in [0.29, 0.717) is 16.9 Å². The van der Waals surface area contributed by atoms with Crippen molar-refractivity contribution < 1.29 is 22.6 Å². The highest BCUT2D eigenvalue weighted by Crippen LogP contribution is 2.34. The van der Waals surface area contributed by atoms with Gasteiger partial charge in [-0.3, -0.25) is 0 Å². The first kappa shape index (κ1) is 15.8. The van der Waals surface area contributed by atoms with Gasteiger partial charge in [-0.05, 0) is 40.8 Å². The Morgan fingerprint density at radius 1 is 1.17 bits per heavy atom. The summed E-state index contributed by atoms with van der Waals surface area (Å²) in [7, 11) is 1.37. The third-order valence-corrected chi connectivity index (χ3v) is 3.50. The Labute approximate surface area is 142 Å². The summed E-state index contributed by atoms with van der Waals surface area (Å²) < 4.78 is 48.3. The van der Waals surface area contributed by atoms with Crippen LogP contribution in [0.2, 0.25) is 0 Å². The number of benzene rings is 1. The van der Waals surface area contributed by atoms with E-state index in [-0.39, 0.29) is 11.5 Å². The number of hydrogen-bond acceptors (Lipinski definition) is 4. The van der Waals surface area contributed by atoms with Gasteiger partial charge in [-0.25, -0.2) is 9.50 Å². The van der Waals surface area contributed by atoms with Gasteiger partial charge in [0.2, 0.25) is 0 Å². The van der Waals surface area contributed by atoms with Crippen LogP contribution < -0.4 is 9.47 Å². The lowest BCUT2D eigenvalue weighted by atomic mass is 10.1. The van der Waals surface area contributed by atoms with Crippen LogP contribution in [0.25, 0.3) is 16.9 Å². The molecule has 0 aliphatic rings. The van der Waals surface area contributed by atoms with Crippen molar-refractivity contribution in [2.75, 3.05) is 7.11 Å². The van der Waals surface area contributed by atoms with Crippen molar-refractivity contribution in [3.63, 3.8) is 0 Å². The highest BCUT2D eigenvalue weighted by Gasteiger charge is 2.31. The third-order valence-electron chi connectivity index (χ3n) is 2.98. The maximum atomic E-state index is 12.3. The van der Waals surface area contributed by atoms with Crippen molar-refractivity contribution >= 4 is 28.2 Å². The van der Waals surface area contributed by atoms with Gasteiger partial charge in [0.25, 0.3) is 0 Å². The fourth-order valence-corrected chi connectivity index (χ4v) is 2.59. The molecule has 0 aliphatic heterocycles. The summed E-state index contributed by atoms with van der Waals surface area (Å²) in [5, 5.41) is 4.21. The molecule has 0 N–H and O–H groups in total. The Balaban J connectivity index is 2.03. The Bertz CT molecular complexity index is 864. The summed E-state index contributed by atoms with van der Waals surface area (Å²) in [5.41, 5.74) is 1.74. The summed E-state index contributed by atoms with van der Waals surface area (Å²) in [5.74, 6) is -0.115. The molecule has 0 radical (unpaired) electrons. The number of ether oxygens (including phenoxy) is 2. The first-order valence-corrected chi connectivity index (χ1v) is 7.40. The van der Waals surface area contributed by atoms with Gasteiger partial charge in [0.05, 0.1) is 12.8 Å². The quantitative estimate of drug-likeness (QED) is 0.586. The second-order valence-corrected chi connectivity index (χ2v) is 5.60. The number of methoxy groups -OCH3 is 1. The van der Waals surface area contributed by atoms with E-state index in [9.17, 15) is 13.2 Å². The molecule has 0 fully saturated rings. The smallest absolute Gasteiger partial charge is 0.496 e. The van der Waals surface area contributed by atoms with Gasteiger partial charge in [-0.2, -0.15) is 5.10 Å². The van der Waals surface area contributed by atoms with Gasteiger partial charge >= 0.3 is 6.36 Å². The van der Waals surface area contributed by atoms with Crippen LogP contribution in [-0.2, 0) is 0 Å². The van der Waals surface area contributed by atoms with Gasteiger partial charge in [-0.15, -0.1) is 13.2 Å². The number of hydrogen-bond donors (Lipinski definition) is 0. The molecule has 0 unspecified atom stereocenters. The zero-order valence-corrected chi connectivity index (χ0v) is 13.8. The summed E-state index contributed by atoms with van der Waals surface area (Å²) >= 11 is 2.07. The van der Waals surface area contributed by atoms with Crippen molar-refractivity contribution in [2.45, 2.75) is 6.36 Å². The van der Waals surface area contributed by atoms with Gasteiger partial charge in [0.1, 0.15) is 15.2 Å². The first-order chi connectivity index (χ1) is 10.9. The van der Waals surface area contributed by atoms with Crippen molar-refractivity contribution in [3.8, 4) is 22.8 Å². The molecule has 2 heterocycles. The minimum atomic E-state index is -4.75. The largest absolute Gasteiger partial charge is 0.573 e. The molecule has 120 valence electrons. The summed E-state index contributed by atoms with van der Waals surface area (Å²) in [6.45, 7) is 0. The van der Waals surface area contributed by atoms with E-state index < -0.39 is 6.36 Å². The van der Waals surface area contributed by atoms with E-state index in [0.717, 1.165) is 3.70 Å². The predicted molar refractivity (Wildman–Crippen MR) is 84.4 cm³/mol. The van der Waals surface area contributed by atoms with Crippen LogP contribution in [0.3, 0.4) is 0 Å². The molecule has 1 aromatic carbocycles. The van der Waals surface area contributed by atoms with E-state index in [2.05, 4.69) is 37.4 Å². The van der Waals surface area contributed by atoms with E-state index in [1.54, 1.807) is 22.8 Å². The minimum Gasteiger partial charge on any atom is -0.496 e. The van der Waals surface area contributed by atoms with Crippen LogP contribution in [0.4, 0.5) is 13.2 Å². The molecule has 23 heavy (non-hydrogen) atoms. The Kier molecular flexibility index (Phi) is 4.04. The molecule has 0 saturated carbocycles. The van der Waals surface area contributed by atoms with Crippen molar-refractivity contribution in [2.24, 2.45) is 0 Å². The molecule has 0 bridgehead atoms. The van der Waals surface area contributed by atoms with Crippen LogP contribution >= 0.6 is 22.6 Å². The average Bonchev–Trinajstić information content (AvgIpc) is 2.84. The Morgan fingerprint density at radius 2 is 1.96 bits per heavy atom. The molecule has 0 saturated heterocycles. The maximum absolute atomic E-state index is 12.3. The molecule has 3 aromatic rings. The van der Waals surface area contributed by atoms with Gasteiger partial charge in [0.15, 0.2) is 5.65 Å². The van der Waals surface area contributed by atoms with Crippen LogP contribution in [0.5, 0.6) is 11.5 Å². The van der Waals surface area contributed by atoms with E-state index >= 15 is 0 Å². The average molecular weight is 435 g/mol. The second-order valence-electron chi connectivity index (χ2n) is 4.49. The first-order valence-electron chi connectivity index (χ1n) is 6.32. The number of fused-ring (bicyclic) bond motifs is 1. The highest BCUT2D eigenvalue weighted by atomic mass is 127. The zero-order valence-electron chi connectivity index (χ0n) is 11.6. The van der Waals surface area contributed by atoms with E-state index in [1.807, 2.05) is 0 Å². The second kappa shape index (κ2) is 5.87. The number of nitrogens with zero attached hydrogens (tertiary/aromatic N) is 3. The lowest BCUT2D eigenvalue weighted by molar-refractivity contribution is -0.274. The molecule has 0 amide bonds. The SMILES string of the molecule is COc1cc(OC(F)(F)F)ccc1-c1ccn2nc(I)cc2n1.